The number of nitrogens with one attached hydrogen (secondary N) is 1. The normalized spacial score (nSPS) is 17.5. The Morgan fingerprint density at radius 1 is 1.10 bits per heavy atom. The maximum atomic E-state index is 13.6. The third-order valence-corrected chi connectivity index (χ3v) is 7.38. The first-order valence-electron chi connectivity index (χ1n) is 14.0. The molecule has 8 nitrogen and oxygen atoms in total. The second kappa shape index (κ2) is 13.0. The van der Waals surface area contributed by atoms with E-state index in [1.165, 1.54) is 0 Å². The fourth-order valence-electron chi connectivity index (χ4n) is 5.26. The number of carbonyl (C=O) groups is 2. The van der Waals surface area contributed by atoms with Crippen LogP contribution in [0, 0.1) is 5.92 Å². The molecular formula is C32H39ClN4O4. The number of carbonyl (C=O) groups excluding carboxylic acids is 2. The van der Waals surface area contributed by atoms with E-state index in [0.29, 0.717) is 34.2 Å². The highest BCUT2D eigenvalue weighted by atomic mass is 35.5. The maximum absolute atomic E-state index is 13.6. The van der Waals surface area contributed by atoms with Gasteiger partial charge in [0.05, 0.1) is 41.4 Å². The number of hydrogen-bond acceptors (Lipinski definition) is 6. The van der Waals surface area contributed by atoms with Crippen LogP contribution in [-0.4, -0.2) is 52.5 Å². The zero-order valence-corrected chi connectivity index (χ0v) is 25.4. The van der Waals surface area contributed by atoms with Crippen molar-refractivity contribution in [1.29, 1.82) is 0 Å². The van der Waals surface area contributed by atoms with E-state index in [-0.39, 0.29) is 19.1 Å². The minimum absolute atomic E-state index is 0.0998. The molecule has 1 aromatic heterocycles. The first kappa shape index (κ1) is 30.5. The average Bonchev–Trinajstić information content (AvgIpc) is 3.22. The molecule has 2 unspecified atom stereocenters. The summed E-state index contributed by atoms with van der Waals surface area (Å²) in [5, 5.41) is 3.52. The van der Waals surface area contributed by atoms with Crippen LogP contribution < -0.4 is 5.32 Å². The van der Waals surface area contributed by atoms with Crippen molar-refractivity contribution in [3.8, 4) is 0 Å². The molecule has 1 N–H and O–H groups in total. The van der Waals surface area contributed by atoms with Crippen LogP contribution in [0.5, 0.6) is 0 Å². The van der Waals surface area contributed by atoms with Gasteiger partial charge < -0.3 is 19.4 Å². The highest BCUT2D eigenvalue weighted by Gasteiger charge is 2.43. The molecule has 2 aromatic carbocycles. The number of aryl methyl sites for hydroxylation is 2. The van der Waals surface area contributed by atoms with E-state index in [1.54, 1.807) is 13.0 Å². The van der Waals surface area contributed by atoms with Gasteiger partial charge in [-0.2, -0.15) is 0 Å². The van der Waals surface area contributed by atoms with Gasteiger partial charge in [0.25, 0.3) is 0 Å². The molecule has 4 rings (SSSR count). The van der Waals surface area contributed by atoms with Gasteiger partial charge in [-0.1, -0.05) is 41.9 Å². The Hall–Kier alpha value is -3.49. The molecule has 218 valence electrons. The largest absolute Gasteiger partial charge is 0.463 e. The van der Waals surface area contributed by atoms with Crippen molar-refractivity contribution >= 4 is 40.2 Å². The highest BCUT2D eigenvalue weighted by Crippen LogP contribution is 2.42. The second-order valence-corrected chi connectivity index (χ2v) is 11.7. The molecule has 0 saturated heterocycles. The number of benzene rings is 2. The fourth-order valence-corrected chi connectivity index (χ4v) is 5.52. The van der Waals surface area contributed by atoms with E-state index in [0.717, 1.165) is 29.7 Å². The Morgan fingerprint density at radius 3 is 2.49 bits per heavy atom. The SMILES string of the molecule is CCOC(=O)C1=C(COCCCc2nc3ccccc3n2C)N=C(C)C(C(=O)NC(C)(C)C)C1c1ccccc1Cl. The van der Waals surface area contributed by atoms with Gasteiger partial charge in [0.1, 0.15) is 5.82 Å². The van der Waals surface area contributed by atoms with Crippen LogP contribution in [0.4, 0.5) is 0 Å². The molecule has 9 heteroatoms. The molecular weight excluding hydrogens is 540 g/mol. The minimum atomic E-state index is -0.741. The summed E-state index contributed by atoms with van der Waals surface area (Å²) in [6.45, 7) is 10.0. The first-order valence-corrected chi connectivity index (χ1v) is 14.4. The quantitative estimate of drug-likeness (QED) is 0.243. The molecule has 1 aliphatic rings. The summed E-state index contributed by atoms with van der Waals surface area (Å²) in [4.78, 5) is 36.6. The van der Waals surface area contributed by atoms with Crippen LogP contribution in [0.25, 0.3) is 11.0 Å². The monoisotopic (exact) mass is 578 g/mol. The number of imidazole rings is 1. The van der Waals surface area contributed by atoms with Crippen molar-refractivity contribution in [1.82, 2.24) is 14.9 Å². The predicted octanol–water partition coefficient (Wildman–Crippen LogP) is 5.78. The summed E-state index contributed by atoms with van der Waals surface area (Å²) < 4.78 is 13.7. The summed E-state index contributed by atoms with van der Waals surface area (Å²) in [6.07, 6.45) is 1.49. The predicted molar refractivity (Wildman–Crippen MR) is 162 cm³/mol. The van der Waals surface area contributed by atoms with Crippen molar-refractivity contribution in [3.63, 3.8) is 0 Å². The van der Waals surface area contributed by atoms with E-state index in [9.17, 15) is 9.59 Å². The fraction of sp³-hybridized carbons (Fsp3) is 0.438. The van der Waals surface area contributed by atoms with Crippen LogP contribution in [0.1, 0.15) is 58.3 Å². The average molecular weight is 579 g/mol. The number of para-hydroxylation sites is 2. The van der Waals surface area contributed by atoms with E-state index >= 15 is 0 Å². The third kappa shape index (κ3) is 7.05. The summed E-state index contributed by atoms with van der Waals surface area (Å²) in [6, 6.07) is 15.3. The van der Waals surface area contributed by atoms with E-state index < -0.39 is 23.3 Å². The van der Waals surface area contributed by atoms with Gasteiger partial charge >= 0.3 is 5.97 Å². The van der Waals surface area contributed by atoms with Gasteiger partial charge in [-0.05, 0) is 64.8 Å². The van der Waals surface area contributed by atoms with Crippen LogP contribution in [0.15, 0.2) is 64.8 Å². The number of nitrogens with zero attached hydrogens (tertiary/aromatic N) is 3. The summed E-state index contributed by atoms with van der Waals surface area (Å²) in [5.41, 5.74) is 3.60. The molecule has 0 radical (unpaired) electrons. The first-order chi connectivity index (χ1) is 19.5. The zero-order valence-electron chi connectivity index (χ0n) is 24.7. The summed E-state index contributed by atoms with van der Waals surface area (Å²) >= 11 is 6.66. The molecule has 2 heterocycles. The van der Waals surface area contributed by atoms with Crippen molar-refractivity contribution < 1.29 is 19.1 Å². The number of rotatable bonds is 10. The lowest BCUT2D eigenvalue weighted by atomic mass is 9.74. The van der Waals surface area contributed by atoms with E-state index in [2.05, 4.69) is 16.0 Å². The number of aromatic nitrogens is 2. The molecule has 1 aliphatic heterocycles. The number of ether oxygens (including phenoxy) is 2. The van der Waals surface area contributed by atoms with Gasteiger partial charge in [-0.25, -0.2) is 9.78 Å². The molecule has 41 heavy (non-hydrogen) atoms. The Kier molecular flexibility index (Phi) is 9.66. The Balaban J connectivity index is 1.60. The standard InChI is InChI=1S/C32H39ClN4O4/c1-7-41-31(39)29-24(19-40-18-12-17-26-35-23-15-10-11-16-25(23)37(26)6)34-20(2)27(30(38)36-32(3,4)5)28(29)21-13-8-9-14-22(21)33/h8-11,13-16,27-28H,7,12,17-19H2,1-6H3,(H,36,38). The second-order valence-electron chi connectivity index (χ2n) is 11.3. The van der Waals surface area contributed by atoms with E-state index in [1.807, 2.05) is 71.1 Å². The number of halogens is 1. The highest BCUT2D eigenvalue weighted by molar-refractivity contribution is 6.31. The van der Waals surface area contributed by atoms with Gasteiger partial charge in [-0.15, -0.1) is 0 Å². The zero-order chi connectivity index (χ0) is 29.7. The number of aliphatic imine (C=N–C) groups is 1. The molecule has 0 fully saturated rings. The van der Waals surface area contributed by atoms with Gasteiger partial charge in [0, 0.05) is 42.3 Å². The van der Waals surface area contributed by atoms with Gasteiger partial charge in [-0.3, -0.25) is 9.79 Å². The van der Waals surface area contributed by atoms with Crippen LogP contribution >= 0.6 is 11.6 Å². The van der Waals surface area contributed by atoms with Crippen molar-refractivity contribution in [2.24, 2.45) is 18.0 Å². The third-order valence-electron chi connectivity index (χ3n) is 7.04. The summed E-state index contributed by atoms with van der Waals surface area (Å²) in [5.74, 6) is -1.19. The molecule has 0 bridgehead atoms. The molecule has 1 amide bonds. The summed E-state index contributed by atoms with van der Waals surface area (Å²) in [7, 11) is 2.02. The Morgan fingerprint density at radius 2 is 1.80 bits per heavy atom. The van der Waals surface area contributed by atoms with Gasteiger partial charge in [0.2, 0.25) is 5.91 Å². The lowest BCUT2D eigenvalue weighted by molar-refractivity contribution is -0.139. The molecule has 0 aliphatic carbocycles. The van der Waals surface area contributed by atoms with Crippen LogP contribution in [0.2, 0.25) is 5.02 Å². The molecule has 0 spiro atoms. The van der Waals surface area contributed by atoms with Crippen molar-refractivity contribution in [3.05, 3.63) is 76.2 Å². The van der Waals surface area contributed by atoms with Gasteiger partial charge in [0.15, 0.2) is 0 Å². The number of hydrogen-bond donors (Lipinski definition) is 1. The molecule has 2 atom stereocenters. The molecule has 0 saturated carbocycles. The topological polar surface area (TPSA) is 94.8 Å². The Labute approximate surface area is 246 Å². The smallest absolute Gasteiger partial charge is 0.336 e. The van der Waals surface area contributed by atoms with Crippen molar-refractivity contribution in [2.75, 3.05) is 19.8 Å². The lowest BCUT2D eigenvalue weighted by Crippen LogP contribution is -2.48. The van der Waals surface area contributed by atoms with Crippen molar-refractivity contribution in [2.45, 2.75) is 58.9 Å². The Bertz CT molecular complexity index is 1480. The number of esters is 1. The van der Waals surface area contributed by atoms with E-state index in [4.69, 9.17) is 31.1 Å². The number of amides is 1. The number of fused-ring (bicyclic) bond motifs is 1. The lowest BCUT2D eigenvalue weighted by Gasteiger charge is -2.35. The van der Waals surface area contributed by atoms with Crippen LogP contribution in [0.3, 0.4) is 0 Å². The maximum Gasteiger partial charge on any atom is 0.336 e. The minimum Gasteiger partial charge on any atom is -0.463 e. The molecule has 3 aromatic rings. The van der Waals surface area contributed by atoms with Crippen LogP contribution in [-0.2, 0) is 32.5 Å².